The van der Waals surface area contributed by atoms with Crippen LogP contribution in [0.15, 0.2) is 90.1 Å². The summed E-state index contributed by atoms with van der Waals surface area (Å²) in [6, 6.07) is 22.2. The predicted molar refractivity (Wildman–Crippen MR) is 135 cm³/mol. The molecule has 2 N–H and O–H groups in total. The van der Waals surface area contributed by atoms with Gasteiger partial charge in [0.25, 0.3) is 5.91 Å². The third-order valence-corrected chi connectivity index (χ3v) is 5.86. The Morgan fingerprint density at radius 1 is 0.941 bits per heavy atom. The molecule has 4 aromatic rings. The second-order valence-electron chi connectivity index (χ2n) is 8.26. The van der Waals surface area contributed by atoms with Gasteiger partial charge in [-0.1, -0.05) is 24.3 Å². The summed E-state index contributed by atoms with van der Waals surface area (Å²) < 4.78 is 0. The number of H-pyrrole nitrogens is 1. The molecule has 0 aliphatic carbocycles. The lowest BCUT2D eigenvalue weighted by Gasteiger charge is -2.07. The first-order chi connectivity index (χ1) is 16.7. The topological polar surface area (TPSA) is 87.2 Å². The highest BCUT2D eigenvalue weighted by atomic mass is 16.1. The molecule has 0 radical (unpaired) electrons. The van der Waals surface area contributed by atoms with E-state index in [2.05, 4.69) is 20.3 Å². The molecule has 0 saturated carbocycles. The third kappa shape index (κ3) is 4.86. The van der Waals surface area contributed by atoms with Gasteiger partial charge in [-0.25, -0.2) is 4.98 Å². The molecule has 0 spiro atoms. The van der Waals surface area contributed by atoms with E-state index in [0.717, 1.165) is 35.2 Å². The predicted octanol–water partition coefficient (Wildman–Crippen LogP) is 6.19. The van der Waals surface area contributed by atoms with Crippen molar-refractivity contribution >= 4 is 34.1 Å². The van der Waals surface area contributed by atoms with Gasteiger partial charge in [0.2, 0.25) is 0 Å². The molecule has 1 aliphatic rings. The molecule has 1 aromatic heterocycles. The van der Waals surface area contributed by atoms with Crippen LogP contribution in [0.5, 0.6) is 0 Å². The van der Waals surface area contributed by atoms with Crippen LogP contribution in [0.2, 0.25) is 0 Å². The van der Waals surface area contributed by atoms with Gasteiger partial charge in [0, 0.05) is 40.7 Å². The number of allylic oxidation sites excluding steroid dienone is 1. The zero-order chi connectivity index (χ0) is 23.3. The van der Waals surface area contributed by atoms with E-state index in [-0.39, 0.29) is 11.7 Å². The van der Waals surface area contributed by atoms with Gasteiger partial charge in [0.05, 0.1) is 11.0 Å². The first kappa shape index (κ1) is 21.5. The van der Waals surface area contributed by atoms with Crippen LogP contribution < -0.4 is 5.32 Å². The zero-order valence-corrected chi connectivity index (χ0v) is 18.6. The largest absolute Gasteiger partial charge is 0.338 e. The summed E-state index contributed by atoms with van der Waals surface area (Å²) >= 11 is 0. The normalized spacial score (nSPS) is 13.0. The van der Waals surface area contributed by atoms with E-state index in [1.165, 1.54) is 0 Å². The highest BCUT2D eigenvalue weighted by molar-refractivity contribution is 6.04. The van der Waals surface area contributed by atoms with E-state index in [1.807, 2.05) is 72.9 Å². The van der Waals surface area contributed by atoms with Gasteiger partial charge in [-0.2, -0.15) is 0 Å². The lowest BCUT2D eigenvalue weighted by Crippen LogP contribution is -2.11. The maximum absolute atomic E-state index is 12.7. The number of carbonyl (C=O) groups excluding carboxylic acids is 2. The van der Waals surface area contributed by atoms with Gasteiger partial charge in [0.15, 0.2) is 5.78 Å². The smallest absolute Gasteiger partial charge is 0.255 e. The summed E-state index contributed by atoms with van der Waals surface area (Å²) in [6.45, 7) is 0. The average molecular weight is 449 g/mol. The Morgan fingerprint density at radius 3 is 2.53 bits per heavy atom. The first-order valence-electron chi connectivity index (χ1n) is 11.4. The van der Waals surface area contributed by atoms with Crippen LogP contribution in [-0.4, -0.2) is 27.4 Å². The van der Waals surface area contributed by atoms with E-state index >= 15 is 0 Å². The zero-order valence-electron chi connectivity index (χ0n) is 18.6. The van der Waals surface area contributed by atoms with E-state index in [1.54, 1.807) is 12.1 Å². The van der Waals surface area contributed by atoms with Gasteiger partial charge in [-0.05, 0) is 73.9 Å². The number of nitrogens with one attached hydrogen (secondary N) is 2. The minimum absolute atomic E-state index is 0.105. The maximum atomic E-state index is 12.7. The molecule has 1 amide bonds. The van der Waals surface area contributed by atoms with E-state index in [9.17, 15) is 9.59 Å². The van der Waals surface area contributed by atoms with Crippen LogP contribution in [0, 0.1) is 0 Å². The SMILES string of the molecule is O=C(CCC1=NC=CCC1)c1ccc2nc(-c3ccc(NC(=O)c4ccccc4)cc3)[nH]c2c1. The number of imidazole rings is 1. The van der Waals surface area contributed by atoms with Crippen molar-refractivity contribution in [2.45, 2.75) is 25.7 Å². The summed E-state index contributed by atoms with van der Waals surface area (Å²) in [5.41, 5.74) is 5.59. The number of rotatable bonds is 7. The summed E-state index contributed by atoms with van der Waals surface area (Å²) in [6.07, 6.45) is 6.95. The van der Waals surface area contributed by atoms with Crippen LogP contribution in [0.3, 0.4) is 0 Å². The van der Waals surface area contributed by atoms with E-state index in [4.69, 9.17) is 0 Å². The minimum atomic E-state index is -0.152. The van der Waals surface area contributed by atoms with Crippen molar-refractivity contribution in [3.63, 3.8) is 0 Å². The minimum Gasteiger partial charge on any atom is -0.338 e. The molecular weight excluding hydrogens is 424 g/mol. The van der Waals surface area contributed by atoms with Crippen molar-refractivity contribution in [3.8, 4) is 11.4 Å². The molecule has 0 bridgehead atoms. The molecule has 34 heavy (non-hydrogen) atoms. The Bertz CT molecular complexity index is 1400. The Hall–Kier alpha value is -4.32. The Labute approximate surface area is 197 Å². The molecule has 3 aromatic carbocycles. The number of hydrogen-bond acceptors (Lipinski definition) is 4. The number of hydrogen-bond donors (Lipinski definition) is 2. The number of fused-ring (bicyclic) bond motifs is 1. The van der Waals surface area contributed by atoms with Crippen LogP contribution in [0.4, 0.5) is 5.69 Å². The lowest BCUT2D eigenvalue weighted by atomic mass is 10.0. The second-order valence-corrected chi connectivity index (χ2v) is 8.26. The van der Waals surface area contributed by atoms with Crippen molar-refractivity contribution in [3.05, 3.63) is 96.2 Å². The summed E-state index contributed by atoms with van der Waals surface area (Å²) in [7, 11) is 0. The fraction of sp³-hybridized carbons (Fsp3) is 0.143. The number of aromatic amines is 1. The number of aliphatic imine (C=N–C) groups is 1. The molecule has 6 nitrogen and oxygen atoms in total. The van der Waals surface area contributed by atoms with Crippen LogP contribution in [0.1, 0.15) is 46.4 Å². The van der Waals surface area contributed by atoms with Gasteiger partial charge in [-0.3, -0.25) is 14.6 Å². The standard InChI is InChI=1S/C28H24N4O2/c33-26(16-14-22-8-4-5-17-29-22)21-11-15-24-25(18-21)32-27(31-24)19-9-12-23(13-10-19)30-28(34)20-6-2-1-3-7-20/h1-3,5-7,9-13,15,17-18H,4,8,14,16H2,(H,30,34)(H,31,32). The molecule has 0 fully saturated rings. The average Bonchev–Trinajstić information content (AvgIpc) is 3.32. The van der Waals surface area contributed by atoms with E-state index in [0.29, 0.717) is 35.5 Å². The van der Waals surface area contributed by atoms with Crippen molar-refractivity contribution in [2.24, 2.45) is 4.99 Å². The molecule has 0 atom stereocenters. The highest BCUT2D eigenvalue weighted by Gasteiger charge is 2.12. The molecule has 0 saturated heterocycles. The Morgan fingerprint density at radius 2 is 1.76 bits per heavy atom. The van der Waals surface area contributed by atoms with Crippen LogP contribution in [0.25, 0.3) is 22.4 Å². The van der Waals surface area contributed by atoms with Gasteiger partial charge < -0.3 is 10.3 Å². The number of carbonyl (C=O) groups is 2. The number of ketones is 1. The van der Waals surface area contributed by atoms with Crippen molar-refractivity contribution in [1.29, 1.82) is 0 Å². The number of benzene rings is 3. The molecule has 5 rings (SSSR count). The third-order valence-electron chi connectivity index (χ3n) is 5.86. The van der Waals surface area contributed by atoms with Gasteiger partial charge in [0.1, 0.15) is 5.82 Å². The quantitative estimate of drug-likeness (QED) is 0.330. The lowest BCUT2D eigenvalue weighted by molar-refractivity contribution is 0.0983. The molecule has 2 heterocycles. The maximum Gasteiger partial charge on any atom is 0.255 e. The van der Waals surface area contributed by atoms with Crippen molar-refractivity contribution < 1.29 is 9.59 Å². The van der Waals surface area contributed by atoms with Crippen LogP contribution in [-0.2, 0) is 0 Å². The van der Waals surface area contributed by atoms with Crippen LogP contribution >= 0.6 is 0 Å². The fourth-order valence-electron chi connectivity index (χ4n) is 3.96. The highest BCUT2D eigenvalue weighted by Crippen LogP contribution is 2.24. The number of nitrogens with zero attached hydrogens (tertiary/aromatic N) is 2. The Balaban J connectivity index is 1.27. The van der Waals surface area contributed by atoms with Gasteiger partial charge >= 0.3 is 0 Å². The molecule has 0 unspecified atom stereocenters. The summed E-state index contributed by atoms with van der Waals surface area (Å²) in [5.74, 6) is 0.666. The molecule has 1 aliphatic heterocycles. The van der Waals surface area contributed by atoms with Crippen molar-refractivity contribution in [2.75, 3.05) is 5.32 Å². The number of Topliss-reactive ketones (excluding diaryl/α,β-unsaturated/α-hetero) is 1. The molecule has 6 heteroatoms. The number of amides is 1. The second kappa shape index (κ2) is 9.67. The first-order valence-corrected chi connectivity index (χ1v) is 11.4. The van der Waals surface area contributed by atoms with Crippen molar-refractivity contribution in [1.82, 2.24) is 9.97 Å². The Kier molecular flexibility index (Phi) is 6.12. The fourth-order valence-corrected chi connectivity index (χ4v) is 3.96. The monoisotopic (exact) mass is 448 g/mol. The molecule has 168 valence electrons. The molecular formula is C28H24N4O2. The number of anilines is 1. The van der Waals surface area contributed by atoms with Gasteiger partial charge in [-0.15, -0.1) is 0 Å². The number of aromatic nitrogens is 2. The summed E-state index contributed by atoms with van der Waals surface area (Å²) in [5, 5.41) is 2.90. The summed E-state index contributed by atoms with van der Waals surface area (Å²) in [4.78, 5) is 37.4. The van der Waals surface area contributed by atoms with E-state index < -0.39 is 0 Å².